The lowest BCUT2D eigenvalue weighted by atomic mass is 10.1. The van der Waals surface area contributed by atoms with Crippen molar-refractivity contribution in [3.05, 3.63) is 40.4 Å². The molecule has 0 saturated carbocycles. The molecule has 0 spiro atoms. The van der Waals surface area contributed by atoms with E-state index < -0.39 is 43.1 Å². The number of halogens is 6. The smallest absolute Gasteiger partial charge is 0.422 e. The molecule has 0 radical (unpaired) electrons. The Morgan fingerprint density at radius 1 is 1.10 bits per heavy atom. The summed E-state index contributed by atoms with van der Waals surface area (Å²) in [6.45, 7) is -2.92. The molecule has 0 fully saturated rings. The van der Waals surface area contributed by atoms with Crippen molar-refractivity contribution in [1.29, 1.82) is 0 Å². The molecular formula is C17H15F6N5O3. The number of rotatable bonds is 6. The van der Waals surface area contributed by atoms with E-state index in [4.69, 9.17) is 4.74 Å². The number of pyridine rings is 1. The van der Waals surface area contributed by atoms with Crippen molar-refractivity contribution in [3.63, 3.8) is 0 Å². The summed E-state index contributed by atoms with van der Waals surface area (Å²) in [5.41, 5.74) is -0.682. The Morgan fingerprint density at radius 2 is 1.77 bits per heavy atom. The molecule has 3 heterocycles. The van der Waals surface area contributed by atoms with Crippen LogP contribution in [0.4, 0.5) is 26.3 Å². The molecule has 1 aliphatic heterocycles. The van der Waals surface area contributed by atoms with E-state index in [9.17, 15) is 31.1 Å². The summed E-state index contributed by atoms with van der Waals surface area (Å²) in [6, 6.07) is 2.65. The van der Waals surface area contributed by atoms with Crippen LogP contribution in [0, 0.1) is 0 Å². The van der Waals surface area contributed by atoms with Crippen molar-refractivity contribution in [1.82, 2.24) is 19.5 Å². The highest BCUT2D eigenvalue weighted by atomic mass is 19.4. The lowest BCUT2D eigenvalue weighted by molar-refractivity contribution is -0.155. The van der Waals surface area contributed by atoms with Crippen LogP contribution in [0.1, 0.15) is 11.6 Å². The number of nitrogens with zero attached hydrogens (tertiary/aromatic N) is 5. The quantitative estimate of drug-likeness (QED) is 0.628. The first-order valence-corrected chi connectivity index (χ1v) is 8.66. The van der Waals surface area contributed by atoms with Gasteiger partial charge in [0.2, 0.25) is 5.88 Å². The maximum atomic E-state index is 12.7. The molecule has 8 nitrogen and oxygen atoms in total. The fourth-order valence-electron chi connectivity index (χ4n) is 2.64. The predicted octanol–water partition coefficient (Wildman–Crippen LogP) is 2.52. The van der Waals surface area contributed by atoms with Crippen LogP contribution < -0.4 is 15.0 Å². The minimum atomic E-state index is -4.69. The molecule has 0 amide bonds. The molecule has 0 N–H and O–H groups in total. The molecule has 1 aliphatic rings. The van der Waals surface area contributed by atoms with Crippen LogP contribution >= 0.6 is 0 Å². The third-order valence-corrected chi connectivity index (χ3v) is 3.92. The Labute approximate surface area is 170 Å². The Morgan fingerprint density at radius 3 is 2.32 bits per heavy atom. The molecule has 1 unspecified atom stereocenters. The van der Waals surface area contributed by atoms with Crippen molar-refractivity contribution in [2.24, 2.45) is 5.10 Å². The molecule has 2 aromatic rings. The minimum Gasteiger partial charge on any atom is -0.468 e. The van der Waals surface area contributed by atoms with E-state index in [1.54, 1.807) is 12.1 Å². The average molecular weight is 451 g/mol. The number of hydrogen-bond donors (Lipinski definition) is 0. The number of alkyl halides is 6. The van der Waals surface area contributed by atoms with E-state index >= 15 is 0 Å². The fourth-order valence-corrected chi connectivity index (χ4v) is 2.64. The van der Waals surface area contributed by atoms with Crippen LogP contribution in [0.2, 0.25) is 0 Å². The van der Waals surface area contributed by atoms with Crippen LogP contribution in [0.15, 0.2) is 34.3 Å². The summed E-state index contributed by atoms with van der Waals surface area (Å²) < 4.78 is 84.7. The second-order valence-electron chi connectivity index (χ2n) is 6.51. The van der Waals surface area contributed by atoms with Gasteiger partial charge in [0.1, 0.15) is 0 Å². The third-order valence-electron chi connectivity index (χ3n) is 3.92. The summed E-state index contributed by atoms with van der Waals surface area (Å²) in [4.78, 5) is 20.3. The van der Waals surface area contributed by atoms with Gasteiger partial charge in [0.05, 0.1) is 23.5 Å². The second kappa shape index (κ2) is 8.43. The van der Waals surface area contributed by atoms with Crippen LogP contribution in [0.25, 0.3) is 5.69 Å². The van der Waals surface area contributed by atoms with Gasteiger partial charge in [0.25, 0.3) is 5.56 Å². The zero-order valence-corrected chi connectivity index (χ0v) is 15.8. The highest BCUT2D eigenvalue weighted by Crippen LogP contribution is 2.23. The summed E-state index contributed by atoms with van der Waals surface area (Å²) in [5.74, 6) is -0.821. The van der Waals surface area contributed by atoms with Gasteiger partial charge in [0.15, 0.2) is 13.2 Å². The van der Waals surface area contributed by atoms with E-state index in [1.807, 2.05) is 0 Å². The van der Waals surface area contributed by atoms with Crippen LogP contribution in [-0.2, 0) is 0 Å². The lowest BCUT2D eigenvalue weighted by Crippen LogP contribution is -2.28. The normalized spacial score (nSPS) is 16.6. The first kappa shape index (κ1) is 22.4. The van der Waals surface area contributed by atoms with Crippen LogP contribution in [0.5, 0.6) is 11.9 Å². The van der Waals surface area contributed by atoms with E-state index in [0.717, 1.165) is 29.0 Å². The Hall–Kier alpha value is -3.32. The van der Waals surface area contributed by atoms with E-state index in [-0.39, 0.29) is 17.3 Å². The summed E-state index contributed by atoms with van der Waals surface area (Å²) >= 11 is 0. The molecule has 0 saturated heterocycles. The van der Waals surface area contributed by atoms with E-state index in [1.165, 1.54) is 6.21 Å². The minimum absolute atomic E-state index is 0.0715. The van der Waals surface area contributed by atoms with Gasteiger partial charge in [-0.3, -0.25) is 9.80 Å². The topological polar surface area (TPSA) is 81.8 Å². The van der Waals surface area contributed by atoms with Crippen molar-refractivity contribution in [2.75, 3.05) is 26.8 Å². The molecule has 3 rings (SSSR count). The van der Waals surface area contributed by atoms with Gasteiger partial charge >= 0.3 is 18.4 Å². The summed E-state index contributed by atoms with van der Waals surface area (Å²) in [7, 11) is 1.67. The monoisotopic (exact) mass is 451 g/mol. The first-order valence-electron chi connectivity index (χ1n) is 8.66. The van der Waals surface area contributed by atoms with Crippen molar-refractivity contribution in [3.8, 4) is 17.6 Å². The van der Waals surface area contributed by atoms with Gasteiger partial charge in [-0.25, -0.2) is 14.5 Å². The molecule has 0 aromatic carbocycles. The Bertz CT molecular complexity index is 1000. The molecule has 14 heteroatoms. The maximum absolute atomic E-state index is 12.7. The zero-order valence-electron chi connectivity index (χ0n) is 15.8. The second-order valence-corrected chi connectivity index (χ2v) is 6.51. The Kier molecular flexibility index (Phi) is 6.08. The van der Waals surface area contributed by atoms with Gasteiger partial charge < -0.3 is 9.47 Å². The first-order chi connectivity index (χ1) is 14.4. The zero-order chi connectivity index (χ0) is 22.8. The van der Waals surface area contributed by atoms with Crippen LogP contribution in [-0.4, -0.2) is 64.9 Å². The molecule has 31 heavy (non-hydrogen) atoms. The molecule has 0 bridgehead atoms. The van der Waals surface area contributed by atoms with Crippen LogP contribution in [0.3, 0.4) is 0 Å². The number of hydrazone groups is 1. The lowest BCUT2D eigenvalue weighted by Gasteiger charge is -2.17. The predicted molar refractivity (Wildman–Crippen MR) is 94.6 cm³/mol. The fraction of sp³-hybridized carbons (Fsp3) is 0.412. The third kappa shape index (κ3) is 6.08. The maximum Gasteiger partial charge on any atom is 0.422 e. The van der Waals surface area contributed by atoms with Gasteiger partial charge in [-0.05, 0) is 6.07 Å². The highest BCUT2D eigenvalue weighted by Gasteiger charge is 2.31. The number of hydrogen-bond acceptors (Lipinski definition) is 7. The van der Waals surface area contributed by atoms with Gasteiger partial charge in [-0.15, -0.1) is 0 Å². The van der Waals surface area contributed by atoms with Gasteiger partial charge in [0, 0.05) is 31.9 Å². The number of aromatic nitrogens is 3. The Balaban J connectivity index is 1.94. The summed E-state index contributed by atoms with van der Waals surface area (Å²) in [5, 5.41) is 5.57. The van der Waals surface area contributed by atoms with Gasteiger partial charge in [-0.2, -0.15) is 31.4 Å². The van der Waals surface area contributed by atoms with E-state index in [2.05, 4.69) is 19.8 Å². The molecule has 2 aromatic heterocycles. The SMILES string of the molecule is CN1CC(c2cc(=O)n(-c3ccc(OCC(F)(F)F)nc3)c(OCC(F)(F)F)n2)C=N1. The molecular weight excluding hydrogens is 436 g/mol. The molecule has 0 aliphatic carbocycles. The van der Waals surface area contributed by atoms with E-state index in [0.29, 0.717) is 6.54 Å². The van der Waals surface area contributed by atoms with Crippen molar-refractivity contribution in [2.45, 2.75) is 18.3 Å². The standard InChI is InChI=1S/C17H15F6N5O3/c1-27-7-10(5-25-27)12-4-14(29)28(15(26-12)31-9-17(21,22)23)11-2-3-13(24-6-11)30-8-16(18,19)20/h2-6,10H,7-9H2,1H3. The molecule has 1 atom stereocenters. The molecule has 168 valence electrons. The average Bonchev–Trinajstić information content (AvgIpc) is 3.10. The highest BCUT2D eigenvalue weighted by molar-refractivity contribution is 5.68. The van der Waals surface area contributed by atoms with Gasteiger partial charge in [-0.1, -0.05) is 0 Å². The number of ether oxygens (including phenoxy) is 2. The number of likely N-dealkylation sites (N-methyl/N-ethyl adjacent to an activating group) is 1. The largest absolute Gasteiger partial charge is 0.468 e. The van der Waals surface area contributed by atoms with Crippen molar-refractivity contribution >= 4 is 6.21 Å². The van der Waals surface area contributed by atoms with Crippen molar-refractivity contribution < 1.29 is 35.8 Å². The summed E-state index contributed by atoms with van der Waals surface area (Å²) in [6.07, 6.45) is -6.82.